The Hall–Kier alpha value is -1.89. The number of rotatable bonds is 5. The van der Waals surface area contributed by atoms with Crippen LogP contribution in [0.5, 0.6) is 5.75 Å². The largest absolute Gasteiger partial charge is 0.489 e. The van der Waals surface area contributed by atoms with E-state index in [0.29, 0.717) is 29.0 Å². The van der Waals surface area contributed by atoms with Crippen molar-refractivity contribution in [3.05, 3.63) is 29.1 Å². The minimum Gasteiger partial charge on any atom is -0.489 e. The smallest absolute Gasteiger partial charge is 0.306 e. The van der Waals surface area contributed by atoms with Crippen LogP contribution in [0, 0.1) is 19.8 Å². The summed E-state index contributed by atoms with van der Waals surface area (Å²) < 4.78 is 11.4. The molecule has 3 rings (SSSR count). The standard InChI is InChI=1S/C18H21BrN2O4/c1-10-14(9-19)17(25-21-10)15-6-7-16(11(2)20-15)24-13-5-3-4-12(8-13)18(22)23/h6-7,12-13H,3-5,8-9H2,1-2H3,(H,22,23)/t12-,13-/m0/s1. The number of hydrogen-bond acceptors (Lipinski definition) is 5. The van der Waals surface area contributed by atoms with Gasteiger partial charge in [-0.2, -0.15) is 0 Å². The van der Waals surface area contributed by atoms with Gasteiger partial charge in [-0.3, -0.25) is 4.79 Å². The van der Waals surface area contributed by atoms with Gasteiger partial charge in [0.25, 0.3) is 0 Å². The third kappa shape index (κ3) is 3.86. The summed E-state index contributed by atoms with van der Waals surface area (Å²) in [7, 11) is 0. The molecule has 0 aliphatic heterocycles. The van der Waals surface area contributed by atoms with Crippen molar-refractivity contribution >= 4 is 21.9 Å². The summed E-state index contributed by atoms with van der Waals surface area (Å²) in [6.07, 6.45) is 2.95. The molecule has 0 aromatic carbocycles. The zero-order chi connectivity index (χ0) is 18.0. The second kappa shape index (κ2) is 7.56. The average molecular weight is 409 g/mol. The van der Waals surface area contributed by atoms with Gasteiger partial charge in [-0.1, -0.05) is 21.1 Å². The SMILES string of the molecule is Cc1nc(-c2onc(C)c2CBr)ccc1O[C@H]1CCC[C@H](C(=O)O)C1. The van der Waals surface area contributed by atoms with Gasteiger partial charge in [0.2, 0.25) is 0 Å². The molecule has 1 aliphatic carbocycles. The summed E-state index contributed by atoms with van der Waals surface area (Å²) in [5.41, 5.74) is 3.29. The van der Waals surface area contributed by atoms with E-state index < -0.39 is 5.97 Å². The quantitative estimate of drug-likeness (QED) is 0.743. The molecule has 7 heteroatoms. The third-order valence-electron chi connectivity index (χ3n) is 4.66. The van der Waals surface area contributed by atoms with Crippen LogP contribution in [0.1, 0.15) is 42.6 Å². The molecule has 1 saturated carbocycles. The van der Waals surface area contributed by atoms with Crippen LogP contribution in [0.2, 0.25) is 0 Å². The first kappa shape index (κ1) is 17.9. The molecule has 2 atom stereocenters. The maximum atomic E-state index is 11.2. The van der Waals surface area contributed by atoms with Gasteiger partial charge in [0.05, 0.1) is 23.4 Å². The molecule has 1 aliphatic rings. The molecule has 1 fully saturated rings. The topological polar surface area (TPSA) is 85.5 Å². The van der Waals surface area contributed by atoms with Gasteiger partial charge < -0.3 is 14.4 Å². The molecular weight excluding hydrogens is 388 g/mol. The Kier molecular flexibility index (Phi) is 5.42. The number of halogens is 1. The van der Waals surface area contributed by atoms with Crippen molar-refractivity contribution in [3.8, 4) is 17.2 Å². The van der Waals surface area contributed by atoms with E-state index in [-0.39, 0.29) is 12.0 Å². The van der Waals surface area contributed by atoms with Gasteiger partial charge in [0.1, 0.15) is 11.4 Å². The minimum absolute atomic E-state index is 0.0770. The van der Waals surface area contributed by atoms with Crippen LogP contribution < -0.4 is 4.74 Å². The number of carbonyl (C=O) groups is 1. The molecule has 0 unspecified atom stereocenters. The highest BCUT2D eigenvalue weighted by Gasteiger charge is 2.28. The Balaban J connectivity index is 1.77. The van der Waals surface area contributed by atoms with E-state index in [2.05, 4.69) is 26.1 Å². The molecular formula is C18H21BrN2O4. The first-order valence-electron chi connectivity index (χ1n) is 8.38. The van der Waals surface area contributed by atoms with Crippen molar-refractivity contribution in [1.29, 1.82) is 0 Å². The number of aliphatic carboxylic acids is 1. The fourth-order valence-corrected chi connectivity index (χ4v) is 3.86. The van der Waals surface area contributed by atoms with E-state index in [4.69, 9.17) is 9.26 Å². The number of hydrogen-bond donors (Lipinski definition) is 1. The Morgan fingerprint density at radius 1 is 1.36 bits per heavy atom. The maximum Gasteiger partial charge on any atom is 0.306 e. The van der Waals surface area contributed by atoms with E-state index in [1.165, 1.54) is 0 Å². The number of aromatic nitrogens is 2. The number of carboxylic acid groups (broad SMARTS) is 1. The van der Waals surface area contributed by atoms with E-state index >= 15 is 0 Å². The number of ether oxygens (including phenoxy) is 1. The minimum atomic E-state index is -0.735. The van der Waals surface area contributed by atoms with Gasteiger partial charge in [-0.05, 0) is 51.7 Å². The summed E-state index contributed by atoms with van der Waals surface area (Å²) in [5, 5.41) is 13.9. The lowest BCUT2D eigenvalue weighted by Crippen LogP contribution is -2.29. The summed E-state index contributed by atoms with van der Waals surface area (Å²) in [4.78, 5) is 15.8. The summed E-state index contributed by atoms with van der Waals surface area (Å²) in [5.74, 6) is 0.301. The normalized spacial score (nSPS) is 20.4. The summed E-state index contributed by atoms with van der Waals surface area (Å²) in [6, 6.07) is 3.73. The second-order valence-electron chi connectivity index (χ2n) is 6.43. The number of carboxylic acids is 1. The van der Waals surface area contributed by atoms with E-state index in [1.807, 2.05) is 26.0 Å². The molecule has 2 aromatic heterocycles. The van der Waals surface area contributed by atoms with Crippen LogP contribution >= 0.6 is 15.9 Å². The second-order valence-corrected chi connectivity index (χ2v) is 6.99. The number of pyridine rings is 1. The molecule has 0 amide bonds. The van der Waals surface area contributed by atoms with E-state index in [1.54, 1.807) is 0 Å². The van der Waals surface area contributed by atoms with Gasteiger partial charge in [-0.25, -0.2) is 4.98 Å². The lowest BCUT2D eigenvalue weighted by molar-refractivity contribution is -0.143. The van der Waals surface area contributed by atoms with Crippen molar-refractivity contribution < 1.29 is 19.2 Å². The Morgan fingerprint density at radius 2 is 2.16 bits per heavy atom. The summed E-state index contributed by atoms with van der Waals surface area (Å²) in [6.45, 7) is 3.78. The Labute approximate surface area is 154 Å². The molecule has 0 spiro atoms. The first-order chi connectivity index (χ1) is 12.0. The zero-order valence-electron chi connectivity index (χ0n) is 14.3. The van der Waals surface area contributed by atoms with Gasteiger partial charge >= 0.3 is 5.97 Å². The van der Waals surface area contributed by atoms with E-state index in [0.717, 1.165) is 36.2 Å². The van der Waals surface area contributed by atoms with Crippen LogP contribution in [0.15, 0.2) is 16.7 Å². The van der Waals surface area contributed by atoms with Crippen LogP contribution in [-0.4, -0.2) is 27.3 Å². The highest BCUT2D eigenvalue weighted by Crippen LogP contribution is 2.32. The van der Waals surface area contributed by atoms with Crippen molar-refractivity contribution in [2.45, 2.75) is 51.0 Å². The molecule has 1 N–H and O–H groups in total. The van der Waals surface area contributed by atoms with Gasteiger partial charge in [0, 0.05) is 10.9 Å². The fraction of sp³-hybridized carbons (Fsp3) is 0.500. The molecule has 0 radical (unpaired) electrons. The maximum absolute atomic E-state index is 11.2. The molecule has 6 nitrogen and oxygen atoms in total. The van der Waals surface area contributed by atoms with Crippen molar-refractivity contribution in [1.82, 2.24) is 10.1 Å². The lowest BCUT2D eigenvalue weighted by atomic mass is 9.87. The highest BCUT2D eigenvalue weighted by molar-refractivity contribution is 9.08. The predicted octanol–water partition coefficient (Wildman–Crippen LogP) is 4.27. The molecule has 0 saturated heterocycles. The third-order valence-corrected chi connectivity index (χ3v) is 5.22. The zero-order valence-corrected chi connectivity index (χ0v) is 15.9. The number of nitrogens with zero attached hydrogens (tertiary/aromatic N) is 2. The molecule has 0 bridgehead atoms. The molecule has 2 aromatic rings. The fourth-order valence-electron chi connectivity index (χ4n) is 3.20. The van der Waals surface area contributed by atoms with E-state index in [9.17, 15) is 9.90 Å². The van der Waals surface area contributed by atoms with Crippen LogP contribution in [0.3, 0.4) is 0 Å². The predicted molar refractivity (Wildman–Crippen MR) is 95.8 cm³/mol. The summed E-state index contributed by atoms with van der Waals surface area (Å²) >= 11 is 3.45. The van der Waals surface area contributed by atoms with Crippen molar-refractivity contribution in [2.24, 2.45) is 5.92 Å². The highest BCUT2D eigenvalue weighted by atomic mass is 79.9. The molecule has 2 heterocycles. The van der Waals surface area contributed by atoms with Crippen LogP contribution in [0.25, 0.3) is 11.5 Å². The first-order valence-corrected chi connectivity index (χ1v) is 9.50. The van der Waals surface area contributed by atoms with Crippen LogP contribution in [0.4, 0.5) is 0 Å². The Morgan fingerprint density at radius 3 is 2.84 bits per heavy atom. The molecule has 25 heavy (non-hydrogen) atoms. The monoisotopic (exact) mass is 408 g/mol. The number of aryl methyl sites for hydroxylation is 2. The Bertz CT molecular complexity index is 774. The average Bonchev–Trinajstić information content (AvgIpc) is 2.97. The van der Waals surface area contributed by atoms with Crippen LogP contribution in [-0.2, 0) is 10.1 Å². The van der Waals surface area contributed by atoms with Crippen molar-refractivity contribution in [2.75, 3.05) is 0 Å². The number of alkyl halides is 1. The van der Waals surface area contributed by atoms with Gasteiger partial charge in [-0.15, -0.1) is 0 Å². The molecule has 134 valence electrons. The lowest BCUT2D eigenvalue weighted by Gasteiger charge is -2.27. The van der Waals surface area contributed by atoms with Crippen molar-refractivity contribution in [3.63, 3.8) is 0 Å². The van der Waals surface area contributed by atoms with Gasteiger partial charge in [0.15, 0.2) is 5.76 Å².